The van der Waals surface area contributed by atoms with E-state index in [0.29, 0.717) is 4.88 Å². The van der Waals surface area contributed by atoms with Crippen molar-refractivity contribution < 1.29 is 19.4 Å². The molecule has 18 heavy (non-hydrogen) atoms. The van der Waals surface area contributed by atoms with Crippen LogP contribution >= 0.6 is 11.5 Å². The first-order chi connectivity index (χ1) is 8.28. The number of alkyl carbamates (subject to hydrolysis) is 1. The first-order valence-corrected chi connectivity index (χ1v) is 6.17. The first kappa shape index (κ1) is 14.4. The van der Waals surface area contributed by atoms with Gasteiger partial charge in [0.15, 0.2) is 0 Å². The molecule has 1 rings (SSSR count). The molecule has 1 aromatic heterocycles. The van der Waals surface area contributed by atoms with E-state index < -0.39 is 23.7 Å². The second-order valence-corrected chi connectivity index (χ2v) is 5.58. The van der Waals surface area contributed by atoms with Gasteiger partial charge in [-0.15, -0.1) is 0 Å². The Morgan fingerprint density at radius 3 is 2.67 bits per heavy atom. The number of carbonyl (C=O) groups is 2. The zero-order chi connectivity index (χ0) is 13.8. The summed E-state index contributed by atoms with van der Waals surface area (Å²) in [4.78, 5) is 23.1. The maximum absolute atomic E-state index is 11.6. The highest BCUT2D eigenvalue weighted by molar-refractivity contribution is 7.05. The van der Waals surface area contributed by atoms with Gasteiger partial charge < -0.3 is 15.2 Å². The number of hydrogen-bond acceptors (Lipinski definition) is 5. The summed E-state index contributed by atoms with van der Waals surface area (Å²) in [7, 11) is 0. The fraction of sp³-hybridized carbons (Fsp3) is 0.545. The van der Waals surface area contributed by atoms with E-state index in [4.69, 9.17) is 9.84 Å². The average Bonchev–Trinajstić information content (AvgIpc) is 2.64. The molecule has 1 amide bonds. The van der Waals surface area contributed by atoms with Crippen molar-refractivity contribution in [2.45, 2.75) is 38.8 Å². The van der Waals surface area contributed by atoms with Gasteiger partial charge in [0.2, 0.25) is 0 Å². The molecule has 0 aliphatic carbocycles. The topological polar surface area (TPSA) is 88.5 Å². The highest BCUT2D eigenvalue weighted by Crippen LogP contribution is 2.21. The molecule has 0 aliphatic rings. The van der Waals surface area contributed by atoms with Gasteiger partial charge in [0.05, 0.1) is 12.5 Å². The Bertz CT molecular complexity index is 411. The van der Waals surface area contributed by atoms with E-state index in [1.54, 1.807) is 33.0 Å². The van der Waals surface area contributed by atoms with E-state index in [9.17, 15) is 9.59 Å². The molecule has 1 atom stereocenters. The Morgan fingerprint density at radius 2 is 2.22 bits per heavy atom. The molecule has 0 saturated heterocycles. The third-order valence-electron chi connectivity index (χ3n) is 1.87. The molecule has 0 unspecified atom stereocenters. The number of rotatable bonds is 4. The second kappa shape index (κ2) is 5.81. The minimum Gasteiger partial charge on any atom is -0.481 e. The number of carbonyl (C=O) groups excluding carboxylic acids is 1. The van der Waals surface area contributed by atoms with Crippen LogP contribution in [-0.4, -0.2) is 27.1 Å². The third kappa shape index (κ3) is 5.13. The zero-order valence-corrected chi connectivity index (χ0v) is 11.3. The number of nitrogens with zero attached hydrogens (tertiary/aromatic N) is 1. The van der Waals surface area contributed by atoms with Crippen LogP contribution in [0.1, 0.15) is 38.1 Å². The number of aliphatic carboxylic acids is 1. The smallest absolute Gasteiger partial charge is 0.408 e. The lowest BCUT2D eigenvalue weighted by Gasteiger charge is -2.22. The van der Waals surface area contributed by atoms with Gasteiger partial charge in [0.25, 0.3) is 0 Å². The summed E-state index contributed by atoms with van der Waals surface area (Å²) >= 11 is 1.15. The fourth-order valence-corrected chi connectivity index (χ4v) is 1.89. The predicted octanol–water partition coefficient (Wildman–Crippen LogP) is 2.18. The Labute approximate surface area is 109 Å². The molecule has 2 N–H and O–H groups in total. The summed E-state index contributed by atoms with van der Waals surface area (Å²) < 4.78 is 8.98. The maximum atomic E-state index is 11.6. The summed E-state index contributed by atoms with van der Waals surface area (Å²) in [5.41, 5.74) is -0.619. The number of ether oxygens (including phenoxy) is 1. The van der Waals surface area contributed by atoms with Crippen LogP contribution in [0.25, 0.3) is 0 Å². The average molecular weight is 272 g/mol. The van der Waals surface area contributed by atoms with E-state index in [1.807, 2.05) is 0 Å². The van der Waals surface area contributed by atoms with E-state index in [1.165, 1.54) is 0 Å². The van der Waals surface area contributed by atoms with Crippen LogP contribution in [0, 0.1) is 0 Å². The van der Waals surface area contributed by atoms with Gasteiger partial charge >= 0.3 is 12.1 Å². The summed E-state index contributed by atoms with van der Waals surface area (Å²) in [6.07, 6.45) is 0.717. The number of aromatic nitrogens is 1. The monoisotopic (exact) mass is 272 g/mol. The number of carboxylic acid groups (broad SMARTS) is 1. The third-order valence-corrected chi connectivity index (χ3v) is 2.73. The van der Waals surface area contributed by atoms with Crippen LogP contribution in [0.15, 0.2) is 12.3 Å². The second-order valence-electron chi connectivity index (χ2n) is 4.71. The van der Waals surface area contributed by atoms with Crippen molar-refractivity contribution in [1.82, 2.24) is 9.69 Å². The standard InChI is InChI=1S/C11H16N2O4S/c1-11(2,3)17-10(16)13-7(6-9(14)15)8-4-5-12-18-8/h4-5,7H,6H2,1-3H3,(H,13,16)(H,14,15)/t7-/m1/s1. The van der Waals surface area contributed by atoms with Crippen LogP contribution in [0.2, 0.25) is 0 Å². The minimum absolute atomic E-state index is 0.207. The van der Waals surface area contributed by atoms with Crippen molar-refractivity contribution in [1.29, 1.82) is 0 Å². The molecule has 1 aromatic rings. The summed E-state index contributed by atoms with van der Waals surface area (Å²) in [6.45, 7) is 5.22. The van der Waals surface area contributed by atoms with Crippen molar-refractivity contribution in [3.63, 3.8) is 0 Å². The lowest BCUT2D eigenvalue weighted by Crippen LogP contribution is -2.35. The normalized spacial score (nSPS) is 12.8. The summed E-state index contributed by atoms with van der Waals surface area (Å²) in [5, 5.41) is 11.4. The molecular weight excluding hydrogens is 256 g/mol. The van der Waals surface area contributed by atoms with Crippen molar-refractivity contribution >= 4 is 23.6 Å². The minimum atomic E-state index is -0.996. The SMILES string of the molecule is CC(C)(C)OC(=O)N[C@H](CC(=O)O)c1ccns1. The van der Waals surface area contributed by atoms with Crippen molar-refractivity contribution in [3.8, 4) is 0 Å². The van der Waals surface area contributed by atoms with Gasteiger partial charge in [-0.2, -0.15) is 0 Å². The maximum Gasteiger partial charge on any atom is 0.408 e. The van der Waals surface area contributed by atoms with Crippen LogP contribution in [0.3, 0.4) is 0 Å². The molecule has 0 aliphatic heterocycles. The molecule has 100 valence electrons. The lowest BCUT2D eigenvalue weighted by molar-refractivity contribution is -0.137. The molecule has 0 radical (unpaired) electrons. The Morgan fingerprint density at radius 1 is 1.56 bits per heavy atom. The molecule has 0 aromatic carbocycles. The molecule has 6 nitrogen and oxygen atoms in total. The Hall–Kier alpha value is -1.63. The molecule has 7 heteroatoms. The quantitative estimate of drug-likeness (QED) is 0.877. The van der Waals surface area contributed by atoms with Gasteiger partial charge in [0, 0.05) is 11.1 Å². The molecule has 0 spiro atoms. The Kier molecular flexibility index (Phi) is 4.66. The highest BCUT2D eigenvalue weighted by atomic mass is 32.1. The fourth-order valence-electron chi connectivity index (χ4n) is 1.25. The number of amides is 1. The highest BCUT2D eigenvalue weighted by Gasteiger charge is 2.23. The van der Waals surface area contributed by atoms with E-state index >= 15 is 0 Å². The number of nitrogens with one attached hydrogen (secondary N) is 1. The van der Waals surface area contributed by atoms with Crippen molar-refractivity contribution in [3.05, 3.63) is 17.1 Å². The molecule has 0 fully saturated rings. The molecule has 0 saturated carbocycles. The van der Waals surface area contributed by atoms with Crippen LogP contribution in [-0.2, 0) is 9.53 Å². The van der Waals surface area contributed by atoms with Gasteiger partial charge in [-0.1, -0.05) is 0 Å². The largest absolute Gasteiger partial charge is 0.481 e. The first-order valence-electron chi connectivity index (χ1n) is 5.40. The summed E-state index contributed by atoms with van der Waals surface area (Å²) in [5.74, 6) is -0.996. The predicted molar refractivity (Wildman–Crippen MR) is 66.5 cm³/mol. The van der Waals surface area contributed by atoms with Crippen LogP contribution in [0.5, 0.6) is 0 Å². The molecular formula is C11H16N2O4S. The van der Waals surface area contributed by atoms with E-state index in [-0.39, 0.29) is 6.42 Å². The molecule has 1 heterocycles. The summed E-state index contributed by atoms with van der Waals surface area (Å²) in [6, 6.07) is 1.06. The van der Waals surface area contributed by atoms with Gasteiger partial charge in [-0.05, 0) is 38.4 Å². The van der Waals surface area contributed by atoms with Gasteiger partial charge in [-0.3, -0.25) is 4.79 Å². The lowest BCUT2D eigenvalue weighted by atomic mass is 10.2. The van der Waals surface area contributed by atoms with Gasteiger partial charge in [0.1, 0.15) is 5.60 Å². The van der Waals surface area contributed by atoms with Crippen molar-refractivity contribution in [2.75, 3.05) is 0 Å². The zero-order valence-electron chi connectivity index (χ0n) is 10.5. The van der Waals surface area contributed by atoms with E-state index in [2.05, 4.69) is 9.69 Å². The Balaban J connectivity index is 2.68. The van der Waals surface area contributed by atoms with Crippen LogP contribution < -0.4 is 5.32 Å². The van der Waals surface area contributed by atoms with Gasteiger partial charge in [-0.25, -0.2) is 9.17 Å². The van der Waals surface area contributed by atoms with Crippen LogP contribution in [0.4, 0.5) is 4.79 Å². The van der Waals surface area contributed by atoms with E-state index in [0.717, 1.165) is 11.5 Å². The molecule has 0 bridgehead atoms. The van der Waals surface area contributed by atoms with Crippen molar-refractivity contribution in [2.24, 2.45) is 0 Å². The number of hydrogen-bond donors (Lipinski definition) is 2. The number of carboxylic acids is 1.